The van der Waals surface area contributed by atoms with Crippen LogP contribution in [0.1, 0.15) is 17.3 Å². The third-order valence-electron chi connectivity index (χ3n) is 1.02. The van der Waals surface area contributed by atoms with Crippen molar-refractivity contribution in [3.63, 3.8) is 0 Å². The summed E-state index contributed by atoms with van der Waals surface area (Å²) in [6, 6.07) is 8.30. The fraction of sp³-hybridized carbons (Fsp3) is 0.111. The number of carboxylic acids is 2. The monoisotopic (exact) mass is 245 g/mol. The Bertz CT molecular complexity index is 280. The number of hydrogen-bond acceptors (Lipinski definition) is 2. The Hall–Kier alpha value is -1.32. The van der Waals surface area contributed by atoms with Gasteiger partial charge in [0.15, 0.2) is 0 Å². The van der Waals surface area contributed by atoms with Crippen LogP contribution < -0.4 is 0 Å². The minimum absolute atomic E-state index is 0. The van der Waals surface area contributed by atoms with Gasteiger partial charge in [0.1, 0.15) is 0 Å². The van der Waals surface area contributed by atoms with Crippen molar-refractivity contribution in [3.05, 3.63) is 35.9 Å². The summed E-state index contributed by atoms with van der Waals surface area (Å²) in [5.41, 5.74) is 0.331. The third kappa shape index (κ3) is 8.77. The first-order valence-corrected chi connectivity index (χ1v) is 3.52. The van der Waals surface area contributed by atoms with Crippen molar-refractivity contribution in [3.8, 4) is 0 Å². The minimum Gasteiger partial charge on any atom is -0.481 e. The second-order valence-electron chi connectivity index (χ2n) is 2.19. The summed E-state index contributed by atoms with van der Waals surface area (Å²) in [5.74, 6) is -1.71. The Morgan fingerprint density at radius 2 is 1.43 bits per heavy atom. The maximum Gasteiger partial charge on any atom is 0.335 e. The van der Waals surface area contributed by atoms with Crippen LogP contribution >= 0.6 is 0 Å². The molecule has 0 aromatic heterocycles. The molecule has 1 rings (SSSR count). The Morgan fingerprint density at radius 3 is 1.64 bits per heavy atom. The molecule has 0 bridgehead atoms. The third-order valence-corrected chi connectivity index (χ3v) is 1.02. The zero-order valence-corrected chi connectivity index (χ0v) is 8.34. The van der Waals surface area contributed by atoms with Gasteiger partial charge in [0.05, 0.1) is 5.56 Å². The number of hydrogen-bond donors (Lipinski definition) is 2. The SMILES string of the molecule is CC(=O)O.O=C(O)c1ccccc1.[Cu]. The molecule has 0 heterocycles. The number of aliphatic carboxylic acids is 1. The summed E-state index contributed by atoms with van der Waals surface area (Å²) in [5, 5.41) is 15.8. The predicted molar refractivity (Wildman–Crippen MR) is 46.7 cm³/mol. The van der Waals surface area contributed by atoms with Gasteiger partial charge in [-0.25, -0.2) is 4.79 Å². The van der Waals surface area contributed by atoms with Crippen LogP contribution in [0.2, 0.25) is 0 Å². The van der Waals surface area contributed by atoms with Crippen LogP contribution in [0.5, 0.6) is 0 Å². The van der Waals surface area contributed by atoms with E-state index in [1.54, 1.807) is 30.3 Å². The molecule has 0 saturated carbocycles. The first-order valence-electron chi connectivity index (χ1n) is 3.52. The maximum atomic E-state index is 10.2. The van der Waals surface area contributed by atoms with E-state index >= 15 is 0 Å². The average Bonchev–Trinajstić information content (AvgIpc) is 2.05. The Labute approximate surface area is 92.0 Å². The molecule has 81 valence electrons. The molecule has 0 aliphatic rings. The summed E-state index contributed by atoms with van der Waals surface area (Å²) in [4.78, 5) is 19.2. The number of aromatic carboxylic acids is 1. The predicted octanol–water partition coefficient (Wildman–Crippen LogP) is 1.47. The summed E-state index contributed by atoms with van der Waals surface area (Å²) >= 11 is 0. The Balaban J connectivity index is 0. The first kappa shape index (κ1) is 15.2. The van der Waals surface area contributed by atoms with Crippen LogP contribution in [0.4, 0.5) is 0 Å². The van der Waals surface area contributed by atoms with E-state index in [0.717, 1.165) is 6.92 Å². The molecule has 1 aromatic carbocycles. The summed E-state index contributed by atoms with van der Waals surface area (Å²) in [6.07, 6.45) is 0. The van der Waals surface area contributed by atoms with Crippen molar-refractivity contribution in [2.24, 2.45) is 0 Å². The minimum atomic E-state index is -0.879. The quantitative estimate of drug-likeness (QED) is 0.735. The van der Waals surface area contributed by atoms with E-state index in [0.29, 0.717) is 5.56 Å². The van der Waals surface area contributed by atoms with Crippen LogP contribution in [0.15, 0.2) is 30.3 Å². The molecule has 4 nitrogen and oxygen atoms in total. The average molecular weight is 246 g/mol. The largest absolute Gasteiger partial charge is 0.481 e. The van der Waals surface area contributed by atoms with E-state index in [4.69, 9.17) is 15.0 Å². The van der Waals surface area contributed by atoms with Crippen LogP contribution in [0, 0.1) is 0 Å². The number of rotatable bonds is 1. The zero-order chi connectivity index (χ0) is 10.3. The van der Waals surface area contributed by atoms with Crippen molar-refractivity contribution in [2.45, 2.75) is 6.92 Å². The number of benzene rings is 1. The summed E-state index contributed by atoms with van der Waals surface area (Å²) in [7, 11) is 0. The molecule has 0 aliphatic carbocycles. The molecule has 5 heteroatoms. The second-order valence-corrected chi connectivity index (χ2v) is 2.19. The first-order chi connectivity index (χ1) is 6.04. The smallest absolute Gasteiger partial charge is 0.335 e. The van der Waals surface area contributed by atoms with Gasteiger partial charge in [-0.15, -0.1) is 0 Å². The number of carbonyl (C=O) groups is 2. The van der Waals surface area contributed by atoms with Crippen molar-refractivity contribution >= 4 is 11.9 Å². The molecular weight excluding hydrogens is 236 g/mol. The van der Waals surface area contributed by atoms with Crippen LogP contribution in [-0.2, 0) is 21.9 Å². The molecule has 0 atom stereocenters. The fourth-order valence-corrected chi connectivity index (χ4v) is 0.581. The Morgan fingerprint density at radius 1 is 1.07 bits per heavy atom. The van der Waals surface area contributed by atoms with Crippen LogP contribution in [0.25, 0.3) is 0 Å². The van der Waals surface area contributed by atoms with Gasteiger partial charge in [0.25, 0.3) is 5.97 Å². The molecule has 14 heavy (non-hydrogen) atoms. The molecule has 0 spiro atoms. The van der Waals surface area contributed by atoms with E-state index in [1.807, 2.05) is 0 Å². The van der Waals surface area contributed by atoms with Gasteiger partial charge < -0.3 is 10.2 Å². The van der Waals surface area contributed by atoms with E-state index < -0.39 is 11.9 Å². The fourth-order valence-electron chi connectivity index (χ4n) is 0.581. The second kappa shape index (κ2) is 8.29. The molecule has 1 radical (unpaired) electrons. The van der Waals surface area contributed by atoms with Crippen molar-refractivity contribution < 1.29 is 36.9 Å². The zero-order valence-electron chi connectivity index (χ0n) is 7.40. The summed E-state index contributed by atoms with van der Waals surface area (Å²) in [6.45, 7) is 1.08. The van der Waals surface area contributed by atoms with Gasteiger partial charge in [-0.2, -0.15) is 0 Å². The van der Waals surface area contributed by atoms with Crippen molar-refractivity contribution in [1.29, 1.82) is 0 Å². The standard InChI is InChI=1S/C7H6O2.C2H4O2.Cu/c8-7(9)6-4-2-1-3-5-6;1-2(3)4;/h1-5H,(H,8,9);1H3,(H,3,4);. The molecule has 0 unspecified atom stereocenters. The molecule has 0 aliphatic heterocycles. The molecule has 2 N–H and O–H groups in total. The molecule has 0 fully saturated rings. The molecule has 0 amide bonds. The van der Waals surface area contributed by atoms with E-state index in [1.165, 1.54) is 0 Å². The van der Waals surface area contributed by atoms with Crippen LogP contribution in [0.3, 0.4) is 0 Å². The molecule has 1 aromatic rings. The van der Waals surface area contributed by atoms with E-state index in [9.17, 15) is 4.79 Å². The van der Waals surface area contributed by atoms with Gasteiger partial charge in [-0.3, -0.25) is 4.79 Å². The Kier molecular flexibility index (Phi) is 8.98. The summed E-state index contributed by atoms with van der Waals surface area (Å²) < 4.78 is 0. The van der Waals surface area contributed by atoms with Gasteiger partial charge >= 0.3 is 5.97 Å². The van der Waals surface area contributed by atoms with E-state index in [-0.39, 0.29) is 17.1 Å². The molecule has 0 saturated heterocycles. The maximum absolute atomic E-state index is 10.2. The topological polar surface area (TPSA) is 74.6 Å². The van der Waals surface area contributed by atoms with Crippen LogP contribution in [-0.4, -0.2) is 22.2 Å². The molecular formula is C9H10CuO4. The van der Waals surface area contributed by atoms with Gasteiger partial charge in [-0.05, 0) is 12.1 Å². The van der Waals surface area contributed by atoms with Gasteiger partial charge in [-0.1, -0.05) is 18.2 Å². The van der Waals surface area contributed by atoms with Gasteiger partial charge in [0, 0.05) is 24.0 Å². The van der Waals surface area contributed by atoms with Crippen molar-refractivity contribution in [1.82, 2.24) is 0 Å². The van der Waals surface area contributed by atoms with E-state index in [2.05, 4.69) is 0 Å². The number of carboxylic acid groups (broad SMARTS) is 2. The van der Waals surface area contributed by atoms with Gasteiger partial charge in [0.2, 0.25) is 0 Å². The van der Waals surface area contributed by atoms with Crippen molar-refractivity contribution in [2.75, 3.05) is 0 Å². The normalized spacial score (nSPS) is 7.50.